The van der Waals surface area contributed by atoms with Gasteiger partial charge in [-0.1, -0.05) is 6.07 Å². The van der Waals surface area contributed by atoms with Gasteiger partial charge in [0.1, 0.15) is 0 Å². The van der Waals surface area contributed by atoms with Crippen LogP contribution in [0.15, 0.2) is 47.2 Å². The molecule has 3 rings (SSSR count). The van der Waals surface area contributed by atoms with Crippen LogP contribution in [-0.4, -0.2) is 21.8 Å². The molecular weight excluding hydrogens is 330 g/mol. The molecule has 5 heteroatoms. The number of aromatic nitrogens is 1. The Morgan fingerprint density at radius 2 is 2.00 bits per heavy atom. The standard InChI is InChI=1S/C16H16BrN3O/c17-15-13(2-1-3-14(15)18)16(21)20(12-4-5-12)10-11-6-8-19-9-7-11/h1-3,6-9,12H,4-5,10,18H2. The average molecular weight is 346 g/mol. The number of nitrogens with two attached hydrogens (primary N) is 1. The minimum Gasteiger partial charge on any atom is -0.398 e. The molecule has 0 aliphatic heterocycles. The van der Waals surface area contributed by atoms with Crippen LogP contribution in [0.2, 0.25) is 0 Å². The molecule has 0 unspecified atom stereocenters. The second kappa shape index (κ2) is 5.85. The largest absolute Gasteiger partial charge is 0.398 e. The zero-order valence-corrected chi connectivity index (χ0v) is 13.1. The molecular formula is C16H16BrN3O. The molecule has 0 atom stereocenters. The Hall–Kier alpha value is -1.88. The maximum absolute atomic E-state index is 12.8. The number of rotatable bonds is 4. The molecule has 1 aromatic carbocycles. The number of nitrogen functional groups attached to an aromatic ring is 1. The first-order valence-electron chi connectivity index (χ1n) is 6.90. The number of halogens is 1. The Bertz CT molecular complexity index is 656. The highest BCUT2D eigenvalue weighted by atomic mass is 79.9. The molecule has 21 heavy (non-hydrogen) atoms. The van der Waals surface area contributed by atoms with Crippen LogP contribution in [0.1, 0.15) is 28.8 Å². The zero-order chi connectivity index (χ0) is 14.8. The second-order valence-electron chi connectivity index (χ2n) is 5.23. The van der Waals surface area contributed by atoms with Crippen molar-refractivity contribution in [2.24, 2.45) is 0 Å². The van der Waals surface area contributed by atoms with Crippen LogP contribution in [0, 0.1) is 0 Å². The topological polar surface area (TPSA) is 59.2 Å². The van der Waals surface area contributed by atoms with E-state index in [0.29, 0.717) is 28.3 Å². The van der Waals surface area contributed by atoms with Crippen molar-refractivity contribution in [2.45, 2.75) is 25.4 Å². The van der Waals surface area contributed by atoms with E-state index in [2.05, 4.69) is 20.9 Å². The molecule has 0 saturated heterocycles. The lowest BCUT2D eigenvalue weighted by atomic mass is 10.1. The fraction of sp³-hybridized carbons (Fsp3) is 0.250. The van der Waals surface area contributed by atoms with Crippen molar-refractivity contribution >= 4 is 27.5 Å². The van der Waals surface area contributed by atoms with Crippen molar-refractivity contribution in [1.82, 2.24) is 9.88 Å². The van der Waals surface area contributed by atoms with Gasteiger partial charge in [-0.2, -0.15) is 0 Å². The van der Waals surface area contributed by atoms with Gasteiger partial charge in [0.2, 0.25) is 0 Å². The number of nitrogens with zero attached hydrogens (tertiary/aromatic N) is 2. The lowest BCUT2D eigenvalue weighted by Crippen LogP contribution is -2.32. The number of carbonyl (C=O) groups is 1. The highest BCUT2D eigenvalue weighted by Gasteiger charge is 2.33. The van der Waals surface area contributed by atoms with E-state index in [4.69, 9.17) is 5.73 Å². The fourth-order valence-corrected chi connectivity index (χ4v) is 2.74. The highest BCUT2D eigenvalue weighted by Crippen LogP contribution is 2.32. The van der Waals surface area contributed by atoms with E-state index in [0.717, 1.165) is 18.4 Å². The minimum atomic E-state index is 0.0217. The lowest BCUT2D eigenvalue weighted by Gasteiger charge is -2.23. The van der Waals surface area contributed by atoms with Gasteiger partial charge in [0.05, 0.1) is 10.0 Å². The summed E-state index contributed by atoms with van der Waals surface area (Å²) in [5, 5.41) is 0. The van der Waals surface area contributed by atoms with Gasteiger partial charge in [-0.15, -0.1) is 0 Å². The monoisotopic (exact) mass is 345 g/mol. The predicted molar refractivity (Wildman–Crippen MR) is 85.7 cm³/mol. The third-order valence-corrected chi connectivity index (χ3v) is 4.49. The Balaban J connectivity index is 1.87. The van der Waals surface area contributed by atoms with Crippen molar-refractivity contribution in [3.8, 4) is 0 Å². The predicted octanol–water partition coefficient (Wildman–Crippen LogP) is 3.23. The SMILES string of the molecule is Nc1cccc(C(=O)N(Cc2ccncc2)C2CC2)c1Br. The van der Waals surface area contributed by atoms with Gasteiger partial charge in [0.25, 0.3) is 5.91 Å². The Morgan fingerprint density at radius 1 is 1.29 bits per heavy atom. The van der Waals surface area contributed by atoms with Gasteiger partial charge >= 0.3 is 0 Å². The fourth-order valence-electron chi connectivity index (χ4n) is 2.31. The van der Waals surface area contributed by atoms with Gasteiger partial charge in [-0.25, -0.2) is 0 Å². The molecule has 1 aromatic heterocycles. The summed E-state index contributed by atoms with van der Waals surface area (Å²) in [5.41, 5.74) is 8.17. The van der Waals surface area contributed by atoms with E-state index < -0.39 is 0 Å². The molecule has 4 nitrogen and oxygen atoms in total. The molecule has 1 fully saturated rings. The summed E-state index contributed by atoms with van der Waals surface area (Å²) in [6.07, 6.45) is 5.64. The Kier molecular flexibility index (Phi) is 3.92. The molecule has 1 aliphatic carbocycles. The number of amides is 1. The van der Waals surface area contributed by atoms with E-state index in [1.54, 1.807) is 18.5 Å². The third kappa shape index (κ3) is 3.08. The lowest BCUT2D eigenvalue weighted by molar-refractivity contribution is 0.0729. The molecule has 0 spiro atoms. The van der Waals surface area contributed by atoms with Crippen LogP contribution in [0.5, 0.6) is 0 Å². The van der Waals surface area contributed by atoms with Gasteiger partial charge < -0.3 is 10.6 Å². The number of pyridine rings is 1. The molecule has 0 bridgehead atoms. The molecule has 1 saturated carbocycles. The number of hydrogen-bond donors (Lipinski definition) is 1. The van der Waals surface area contributed by atoms with Gasteiger partial charge in [0.15, 0.2) is 0 Å². The molecule has 1 heterocycles. The number of anilines is 1. The van der Waals surface area contributed by atoms with Crippen LogP contribution >= 0.6 is 15.9 Å². The molecule has 2 aromatic rings. The first-order chi connectivity index (χ1) is 10.2. The van der Waals surface area contributed by atoms with Gasteiger partial charge in [0, 0.05) is 30.7 Å². The normalized spacial score (nSPS) is 14.0. The molecule has 1 amide bonds. The van der Waals surface area contributed by atoms with Gasteiger partial charge in [-0.05, 0) is 58.6 Å². The zero-order valence-electron chi connectivity index (χ0n) is 11.5. The van der Waals surface area contributed by atoms with Crippen molar-refractivity contribution in [2.75, 3.05) is 5.73 Å². The van der Waals surface area contributed by atoms with Crippen LogP contribution < -0.4 is 5.73 Å². The van der Waals surface area contributed by atoms with E-state index >= 15 is 0 Å². The van der Waals surface area contributed by atoms with Crippen LogP contribution in [0.3, 0.4) is 0 Å². The van der Waals surface area contributed by atoms with E-state index in [1.807, 2.05) is 29.2 Å². The van der Waals surface area contributed by atoms with Crippen molar-refractivity contribution < 1.29 is 4.79 Å². The molecule has 0 radical (unpaired) electrons. The van der Waals surface area contributed by atoms with E-state index in [9.17, 15) is 4.79 Å². The summed E-state index contributed by atoms with van der Waals surface area (Å²) in [6, 6.07) is 9.62. The number of hydrogen-bond acceptors (Lipinski definition) is 3. The van der Waals surface area contributed by atoms with Crippen molar-refractivity contribution in [3.63, 3.8) is 0 Å². The highest BCUT2D eigenvalue weighted by molar-refractivity contribution is 9.10. The first kappa shape index (κ1) is 14.1. The summed E-state index contributed by atoms with van der Waals surface area (Å²) in [5.74, 6) is 0.0217. The average Bonchev–Trinajstić information content (AvgIpc) is 3.33. The Morgan fingerprint density at radius 3 is 2.67 bits per heavy atom. The number of carbonyl (C=O) groups excluding carboxylic acids is 1. The Labute approximate surface area is 132 Å². The summed E-state index contributed by atoms with van der Waals surface area (Å²) in [6.45, 7) is 0.604. The second-order valence-corrected chi connectivity index (χ2v) is 6.02. The van der Waals surface area contributed by atoms with Gasteiger partial charge in [-0.3, -0.25) is 9.78 Å². The van der Waals surface area contributed by atoms with Crippen molar-refractivity contribution in [3.05, 3.63) is 58.3 Å². The van der Waals surface area contributed by atoms with E-state index in [1.165, 1.54) is 0 Å². The quantitative estimate of drug-likeness (QED) is 0.865. The maximum atomic E-state index is 12.8. The van der Waals surface area contributed by atoms with E-state index in [-0.39, 0.29) is 5.91 Å². The molecule has 2 N–H and O–H groups in total. The van der Waals surface area contributed by atoms with Crippen molar-refractivity contribution in [1.29, 1.82) is 0 Å². The van der Waals surface area contributed by atoms with Crippen LogP contribution in [-0.2, 0) is 6.54 Å². The summed E-state index contributed by atoms with van der Waals surface area (Å²) in [4.78, 5) is 18.8. The number of benzene rings is 1. The first-order valence-corrected chi connectivity index (χ1v) is 7.70. The summed E-state index contributed by atoms with van der Waals surface area (Å²) >= 11 is 3.42. The smallest absolute Gasteiger partial charge is 0.255 e. The summed E-state index contributed by atoms with van der Waals surface area (Å²) < 4.78 is 0.676. The van der Waals surface area contributed by atoms with Crippen LogP contribution in [0.4, 0.5) is 5.69 Å². The molecule has 1 aliphatic rings. The van der Waals surface area contributed by atoms with Crippen LogP contribution in [0.25, 0.3) is 0 Å². The maximum Gasteiger partial charge on any atom is 0.255 e. The molecule has 108 valence electrons. The minimum absolute atomic E-state index is 0.0217. The third-order valence-electron chi connectivity index (χ3n) is 3.61. The summed E-state index contributed by atoms with van der Waals surface area (Å²) in [7, 11) is 0.